The first kappa shape index (κ1) is 19.1. The van der Waals surface area contributed by atoms with E-state index in [1.54, 1.807) is 11.0 Å². The number of hydrogen-bond donors (Lipinski definition) is 1. The lowest BCUT2D eigenvalue weighted by Crippen LogP contribution is -2.36. The molecule has 0 unspecified atom stereocenters. The first-order valence-corrected chi connectivity index (χ1v) is 10.8. The van der Waals surface area contributed by atoms with Crippen LogP contribution in [0.3, 0.4) is 0 Å². The molecule has 2 fully saturated rings. The molecule has 2 saturated heterocycles. The Morgan fingerprint density at radius 3 is 2.64 bits per heavy atom. The normalized spacial score (nSPS) is 19.6. The summed E-state index contributed by atoms with van der Waals surface area (Å²) < 4.78 is 0.897. The van der Waals surface area contributed by atoms with Crippen LogP contribution < -0.4 is 15.1 Å². The molecule has 8 heteroatoms. The van der Waals surface area contributed by atoms with Crippen LogP contribution in [0.25, 0.3) is 0 Å². The van der Waals surface area contributed by atoms with Crippen LogP contribution >= 0.6 is 27.3 Å². The van der Waals surface area contributed by atoms with Gasteiger partial charge in [0, 0.05) is 37.3 Å². The number of carbonyl (C=O) groups excluding carboxylic acids is 3. The first-order valence-electron chi connectivity index (χ1n) is 9.20. The van der Waals surface area contributed by atoms with Crippen molar-refractivity contribution in [3.8, 4) is 0 Å². The molecule has 146 valence electrons. The highest BCUT2D eigenvalue weighted by Gasteiger charge is 2.32. The van der Waals surface area contributed by atoms with E-state index in [0.717, 1.165) is 33.7 Å². The smallest absolute Gasteiger partial charge is 0.261 e. The van der Waals surface area contributed by atoms with Crippen molar-refractivity contribution < 1.29 is 14.4 Å². The van der Waals surface area contributed by atoms with Crippen LogP contribution in [0.2, 0.25) is 0 Å². The van der Waals surface area contributed by atoms with E-state index in [0.29, 0.717) is 17.8 Å². The number of anilines is 2. The van der Waals surface area contributed by atoms with Crippen LogP contribution in [-0.4, -0.2) is 36.9 Å². The van der Waals surface area contributed by atoms with Gasteiger partial charge in [-0.25, -0.2) is 0 Å². The number of nitrogens with one attached hydrogen (secondary N) is 1. The van der Waals surface area contributed by atoms with E-state index in [1.807, 2.05) is 36.1 Å². The van der Waals surface area contributed by atoms with Crippen molar-refractivity contribution in [3.05, 3.63) is 44.6 Å². The van der Waals surface area contributed by atoms with E-state index in [4.69, 9.17) is 0 Å². The van der Waals surface area contributed by atoms with Crippen molar-refractivity contribution in [2.45, 2.75) is 32.2 Å². The van der Waals surface area contributed by atoms with Gasteiger partial charge in [-0.2, -0.15) is 0 Å². The zero-order valence-corrected chi connectivity index (χ0v) is 17.8. The molecular weight excluding hydrogens is 442 g/mol. The third-order valence-corrected chi connectivity index (χ3v) is 6.74. The number of hydrogen-bond acceptors (Lipinski definition) is 4. The second kappa shape index (κ2) is 7.67. The molecule has 28 heavy (non-hydrogen) atoms. The highest BCUT2D eigenvalue weighted by molar-refractivity contribution is 9.11. The summed E-state index contributed by atoms with van der Waals surface area (Å²) in [6.07, 6.45) is 1.75. The number of carbonyl (C=O) groups is 3. The lowest BCUT2D eigenvalue weighted by atomic mass is 10.1. The maximum absolute atomic E-state index is 12.5. The Hall–Kier alpha value is -2.19. The minimum absolute atomic E-state index is 0.0120. The fourth-order valence-corrected chi connectivity index (χ4v) is 5.05. The number of halogens is 1. The summed E-state index contributed by atoms with van der Waals surface area (Å²) in [6.45, 7) is 3.14. The zero-order chi connectivity index (χ0) is 19.8. The van der Waals surface area contributed by atoms with Crippen molar-refractivity contribution in [3.63, 3.8) is 0 Å². The van der Waals surface area contributed by atoms with Gasteiger partial charge >= 0.3 is 0 Å². The Morgan fingerprint density at radius 1 is 1.18 bits per heavy atom. The van der Waals surface area contributed by atoms with Crippen LogP contribution in [-0.2, 0) is 9.59 Å². The van der Waals surface area contributed by atoms with Crippen molar-refractivity contribution >= 4 is 56.4 Å². The topological polar surface area (TPSA) is 69.7 Å². The molecule has 0 bridgehead atoms. The van der Waals surface area contributed by atoms with Gasteiger partial charge in [0.1, 0.15) is 0 Å². The molecule has 2 aliphatic rings. The largest absolute Gasteiger partial charge is 0.346 e. The van der Waals surface area contributed by atoms with Crippen molar-refractivity contribution in [1.82, 2.24) is 5.32 Å². The lowest BCUT2D eigenvalue weighted by Gasteiger charge is -2.22. The zero-order valence-electron chi connectivity index (χ0n) is 15.4. The van der Waals surface area contributed by atoms with Crippen LogP contribution in [0.1, 0.15) is 34.5 Å². The minimum atomic E-state index is -0.221. The van der Waals surface area contributed by atoms with Gasteiger partial charge in [0.05, 0.1) is 14.7 Å². The standard InChI is InChI=1S/C20H20BrN3O3S/c1-12-9-14(4-5-15(12)23-8-2-3-18(23)25)24-11-13(10-19(24)26)22-20(27)16-6-7-17(21)28-16/h4-7,9,13H,2-3,8,10-11H2,1H3,(H,22,27)/t13-/m1/s1. The Morgan fingerprint density at radius 2 is 2.00 bits per heavy atom. The van der Waals surface area contributed by atoms with Crippen LogP contribution in [0.5, 0.6) is 0 Å². The van der Waals surface area contributed by atoms with E-state index in [2.05, 4.69) is 21.2 Å². The molecule has 2 aromatic rings. The predicted molar refractivity (Wildman–Crippen MR) is 113 cm³/mol. The van der Waals surface area contributed by atoms with Gasteiger partial charge in [-0.15, -0.1) is 11.3 Å². The monoisotopic (exact) mass is 461 g/mol. The molecule has 2 aliphatic heterocycles. The fourth-order valence-electron chi connectivity index (χ4n) is 3.76. The molecular formula is C20H20BrN3O3S. The summed E-state index contributed by atoms with van der Waals surface area (Å²) in [7, 11) is 0. The third-order valence-electron chi connectivity index (χ3n) is 5.11. The van der Waals surface area contributed by atoms with Gasteiger partial charge in [-0.1, -0.05) is 0 Å². The van der Waals surface area contributed by atoms with Gasteiger partial charge in [0.25, 0.3) is 5.91 Å². The summed E-state index contributed by atoms with van der Waals surface area (Å²) >= 11 is 4.72. The van der Waals surface area contributed by atoms with Gasteiger partial charge in [-0.3, -0.25) is 14.4 Å². The van der Waals surface area contributed by atoms with Gasteiger partial charge < -0.3 is 15.1 Å². The van der Waals surface area contributed by atoms with Crippen LogP contribution in [0.4, 0.5) is 11.4 Å². The molecule has 4 rings (SSSR count). The number of benzene rings is 1. The highest BCUT2D eigenvalue weighted by atomic mass is 79.9. The summed E-state index contributed by atoms with van der Waals surface area (Å²) in [5, 5.41) is 2.95. The summed E-state index contributed by atoms with van der Waals surface area (Å²) in [4.78, 5) is 41.0. The molecule has 1 atom stereocenters. The first-order chi connectivity index (χ1) is 13.4. The van der Waals surface area contributed by atoms with Gasteiger partial charge in [-0.05, 0) is 65.2 Å². The molecule has 3 heterocycles. The highest BCUT2D eigenvalue weighted by Crippen LogP contribution is 2.31. The number of aryl methyl sites for hydroxylation is 1. The second-order valence-corrected chi connectivity index (χ2v) is 9.57. The van der Waals surface area contributed by atoms with E-state index >= 15 is 0 Å². The summed E-state index contributed by atoms with van der Waals surface area (Å²) in [5.41, 5.74) is 2.68. The molecule has 1 aromatic carbocycles. The average molecular weight is 462 g/mol. The molecule has 6 nitrogen and oxygen atoms in total. The molecule has 1 N–H and O–H groups in total. The Bertz CT molecular complexity index is 958. The van der Waals surface area contributed by atoms with Crippen molar-refractivity contribution in [2.75, 3.05) is 22.9 Å². The van der Waals surface area contributed by atoms with Crippen LogP contribution in [0, 0.1) is 6.92 Å². The maximum atomic E-state index is 12.5. The third kappa shape index (κ3) is 3.71. The summed E-state index contributed by atoms with van der Waals surface area (Å²) in [5.74, 6) is -0.0208. The Labute approximate surface area is 175 Å². The average Bonchev–Trinajstić information content (AvgIpc) is 3.36. The quantitative estimate of drug-likeness (QED) is 0.757. The lowest BCUT2D eigenvalue weighted by molar-refractivity contribution is -0.117. The molecule has 0 saturated carbocycles. The number of amides is 3. The maximum Gasteiger partial charge on any atom is 0.261 e. The second-order valence-electron chi connectivity index (χ2n) is 7.10. The SMILES string of the molecule is Cc1cc(N2C[C@H](NC(=O)c3ccc(Br)s3)CC2=O)ccc1N1CCCC1=O. The molecule has 0 radical (unpaired) electrons. The van der Waals surface area contributed by atoms with Crippen molar-refractivity contribution in [1.29, 1.82) is 0 Å². The molecule has 1 aromatic heterocycles. The fraction of sp³-hybridized carbons (Fsp3) is 0.350. The van der Waals surface area contributed by atoms with Gasteiger partial charge in [0.15, 0.2) is 0 Å². The predicted octanol–water partition coefficient (Wildman–Crippen LogP) is 3.48. The number of nitrogens with zero attached hydrogens (tertiary/aromatic N) is 2. The summed E-state index contributed by atoms with van der Waals surface area (Å²) in [6, 6.07) is 9.12. The number of rotatable bonds is 4. The van der Waals surface area contributed by atoms with E-state index in [9.17, 15) is 14.4 Å². The van der Waals surface area contributed by atoms with E-state index in [1.165, 1.54) is 11.3 Å². The van der Waals surface area contributed by atoms with Crippen LogP contribution in [0.15, 0.2) is 34.1 Å². The molecule has 0 spiro atoms. The number of thiophene rings is 1. The van der Waals surface area contributed by atoms with E-state index < -0.39 is 0 Å². The molecule has 0 aliphatic carbocycles. The Balaban J connectivity index is 1.46. The minimum Gasteiger partial charge on any atom is -0.346 e. The van der Waals surface area contributed by atoms with Crippen molar-refractivity contribution in [2.24, 2.45) is 0 Å². The molecule has 3 amide bonds. The Kier molecular flexibility index (Phi) is 5.25. The van der Waals surface area contributed by atoms with E-state index in [-0.39, 0.29) is 30.2 Å². The van der Waals surface area contributed by atoms with Gasteiger partial charge in [0.2, 0.25) is 11.8 Å².